The molecule has 1 aromatic carbocycles. The molecule has 2 nitrogen and oxygen atoms in total. The van der Waals surface area contributed by atoms with Crippen LogP contribution in [0.4, 0.5) is 5.69 Å². The summed E-state index contributed by atoms with van der Waals surface area (Å²) in [5.41, 5.74) is 7.46. The van der Waals surface area contributed by atoms with Crippen LogP contribution in [0.1, 0.15) is 12.5 Å². The molecular weight excluding hydrogens is 148 g/mol. The number of hydrogen-bond donors (Lipinski definition) is 1. The van der Waals surface area contributed by atoms with E-state index in [9.17, 15) is 0 Å². The Morgan fingerprint density at radius 3 is 2.50 bits per heavy atom. The number of hydrogen-bond acceptors (Lipinski definition) is 2. The lowest BCUT2D eigenvalue weighted by molar-refractivity contribution is 0.739. The van der Waals surface area contributed by atoms with E-state index in [2.05, 4.69) is 6.07 Å². The fraction of sp³-hybridized carbons (Fsp3) is 0.300. The minimum Gasteiger partial charge on any atom is -0.399 e. The van der Waals surface area contributed by atoms with Crippen molar-refractivity contribution in [2.24, 2.45) is 5.92 Å². The van der Waals surface area contributed by atoms with Gasteiger partial charge in [0.1, 0.15) is 0 Å². The number of nitrogen functional groups attached to an aromatic ring is 1. The highest BCUT2D eigenvalue weighted by Crippen LogP contribution is 2.10. The molecule has 12 heavy (non-hydrogen) atoms. The van der Waals surface area contributed by atoms with Crippen LogP contribution in [0.5, 0.6) is 0 Å². The van der Waals surface area contributed by atoms with Crippen molar-refractivity contribution in [2.45, 2.75) is 13.3 Å². The SMILES string of the molecule is CC(C#N)Cc1ccc(N)cc1. The van der Waals surface area contributed by atoms with E-state index in [1.54, 1.807) is 0 Å². The lowest BCUT2D eigenvalue weighted by atomic mass is 10.0. The standard InChI is InChI=1S/C10H12N2/c1-8(7-11)6-9-2-4-10(12)5-3-9/h2-5,8H,6,12H2,1H3. The van der Waals surface area contributed by atoms with Gasteiger partial charge in [0.15, 0.2) is 0 Å². The van der Waals surface area contributed by atoms with Gasteiger partial charge in [-0.2, -0.15) is 5.26 Å². The van der Waals surface area contributed by atoms with Gasteiger partial charge in [-0.25, -0.2) is 0 Å². The molecule has 0 saturated heterocycles. The molecule has 1 atom stereocenters. The van der Waals surface area contributed by atoms with Gasteiger partial charge in [0.25, 0.3) is 0 Å². The maximum absolute atomic E-state index is 8.58. The van der Waals surface area contributed by atoms with Crippen LogP contribution in [0, 0.1) is 17.2 Å². The summed E-state index contributed by atoms with van der Waals surface area (Å²) in [6.45, 7) is 1.91. The zero-order chi connectivity index (χ0) is 8.97. The minimum absolute atomic E-state index is 0.0774. The number of nitriles is 1. The van der Waals surface area contributed by atoms with E-state index in [-0.39, 0.29) is 5.92 Å². The first kappa shape index (κ1) is 8.61. The van der Waals surface area contributed by atoms with Crippen LogP contribution in [0.25, 0.3) is 0 Å². The van der Waals surface area contributed by atoms with E-state index < -0.39 is 0 Å². The minimum atomic E-state index is 0.0774. The van der Waals surface area contributed by atoms with Gasteiger partial charge in [0.2, 0.25) is 0 Å². The van der Waals surface area contributed by atoms with E-state index >= 15 is 0 Å². The summed E-state index contributed by atoms with van der Waals surface area (Å²) in [5.74, 6) is 0.0774. The highest BCUT2D eigenvalue weighted by atomic mass is 14.5. The first-order chi connectivity index (χ1) is 5.72. The molecule has 0 fully saturated rings. The Labute approximate surface area is 72.6 Å². The fourth-order valence-electron chi connectivity index (χ4n) is 1.05. The van der Waals surface area contributed by atoms with Crippen LogP contribution in [-0.2, 0) is 6.42 Å². The molecule has 1 unspecified atom stereocenters. The van der Waals surface area contributed by atoms with Crippen LogP contribution >= 0.6 is 0 Å². The first-order valence-corrected chi connectivity index (χ1v) is 3.96. The fourth-order valence-corrected chi connectivity index (χ4v) is 1.05. The van der Waals surface area contributed by atoms with Crippen LogP contribution in [0.2, 0.25) is 0 Å². The quantitative estimate of drug-likeness (QED) is 0.672. The molecule has 0 aliphatic carbocycles. The largest absolute Gasteiger partial charge is 0.399 e. The predicted octanol–water partition coefficient (Wildman–Crippen LogP) is 1.97. The van der Waals surface area contributed by atoms with Gasteiger partial charge in [-0.1, -0.05) is 12.1 Å². The van der Waals surface area contributed by atoms with E-state index in [0.29, 0.717) is 0 Å². The molecule has 62 valence electrons. The summed E-state index contributed by atoms with van der Waals surface area (Å²) >= 11 is 0. The third-order valence-electron chi connectivity index (χ3n) is 1.74. The highest BCUT2D eigenvalue weighted by Gasteiger charge is 2.00. The van der Waals surface area contributed by atoms with Gasteiger partial charge in [0, 0.05) is 11.6 Å². The Balaban J connectivity index is 2.66. The van der Waals surface area contributed by atoms with Crippen LogP contribution in [0.3, 0.4) is 0 Å². The van der Waals surface area contributed by atoms with Crippen molar-refractivity contribution in [3.05, 3.63) is 29.8 Å². The van der Waals surface area contributed by atoms with Crippen LogP contribution in [0.15, 0.2) is 24.3 Å². The summed E-state index contributed by atoms with van der Waals surface area (Å²) < 4.78 is 0. The third-order valence-corrected chi connectivity index (χ3v) is 1.74. The van der Waals surface area contributed by atoms with Crippen molar-refractivity contribution in [1.29, 1.82) is 5.26 Å². The third kappa shape index (κ3) is 2.28. The van der Waals surface area contributed by atoms with E-state index in [1.807, 2.05) is 31.2 Å². The van der Waals surface area contributed by atoms with E-state index in [4.69, 9.17) is 11.0 Å². The summed E-state index contributed by atoms with van der Waals surface area (Å²) in [7, 11) is 0. The molecular formula is C10H12N2. The molecule has 0 bridgehead atoms. The van der Waals surface area contributed by atoms with Crippen molar-refractivity contribution in [2.75, 3.05) is 5.73 Å². The summed E-state index contributed by atoms with van der Waals surface area (Å²) in [5, 5.41) is 8.58. The summed E-state index contributed by atoms with van der Waals surface area (Å²) in [6.07, 6.45) is 0.802. The Morgan fingerprint density at radius 1 is 1.42 bits per heavy atom. The number of anilines is 1. The predicted molar refractivity (Wildman–Crippen MR) is 49.3 cm³/mol. The summed E-state index contributed by atoms with van der Waals surface area (Å²) in [6, 6.07) is 9.84. The van der Waals surface area contributed by atoms with Gasteiger partial charge in [-0.3, -0.25) is 0 Å². The van der Waals surface area contributed by atoms with Crippen LogP contribution in [-0.4, -0.2) is 0 Å². The average Bonchev–Trinajstić information content (AvgIpc) is 2.09. The second-order valence-corrected chi connectivity index (χ2v) is 2.98. The van der Waals surface area contributed by atoms with Crippen molar-refractivity contribution in [1.82, 2.24) is 0 Å². The molecule has 0 heterocycles. The molecule has 0 aliphatic heterocycles. The van der Waals surface area contributed by atoms with Crippen molar-refractivity contribution < 1.29 is 0 Å². The normalized spacial score (nSPS) is 12.0. The molecule has 1 aromatic rings. The van der Waals surface area contributed by atoms with Crippen molar-refractivity contribution in [3.8, 4) is 6.07 Å². The smallest absolute Gasteiger partial charge is 0.0656 e. The van der Waals surface area contributed by atoms with E-state index in [1.165, 1.54) is 5.56 Å². The molecule has 0 saturated carbocycles. The lowest BCUT2D eigenvalue weighted by Gasteiger charge is -2.02. The molecule has 2 heteroatoms. The molecule has 0 amide bonds. The Hall–Kier alpha value is -1.49. The summed E-state index contributed by atoms with van der Waals surface area (Å²) in [4.78, 5) is 0. The van der Waals surface area contributed by atoms with Gasteiger partial charge < -0.3 is 5.73 Å². The second kappa shape index (κ2) is 3.77. The van der Waals surface area contributed by atoms with Gasteiger partial charge >= 0.3 is 0 Å². The van der Waals surface area contributed by atoms with E-state index in [0.717, 1.165) is 12.1 Å². The molecule has 0 spiro atoms. The Bertz CT molecular complexity index is 282. The highest BCUT2D eigenvalue weighted by molar-refractivity contribution is 5.39. The topological polar surface area (TPSA) is 49.8 Å². The Morgan fingerprint density at radius 2 is 2.00 bits per heavy atom. The Kier molecular flexibility index (Phi) is 2.71. The molecule has 0 aromatic heterocycles. The first-order valence-electron chi connectivity index (χ1n) is 3.96. The van der Waals surface area contributed by atoms with Crippen molar-refractivity contribution >= 4 is 5.69 Å². The lowest BCUT2D eigenvalue weighted by Crippen LogP contribution is -1.96. The zero-order valence-corrected chi connectivity index (χ0v) is 7.12. The van der Waals surface area contributed by atoms with Crippen molar-refractivity contribution in [3.63, 3.8) is 0 Å². The van der Waals surface area contributed by atoms with Gasteiger partial charge in [-0.15, -0.1) is 0 Å². The maximum atomic E-state index is 8.58. The molecule has 0 radical (unpaired) electrons. The number of nitrogens with zero attached hydrogens (tertiary/aromatic N) is 1. The number of benzene rings is 1. The molecule has 2 N–H and O–H groups in total. The van der Waals surface area contributed by atoms with Gasteiger partial charge in [-0.05, 0) is 31.0 Å². The number of nitrogens with two attached hydrogens (primary N) is 1. The maximum Gasteiger partial charge on any atom is 0.0656 e. The van der Waals surface area contributed by atoms with Crippen LogP contribution < -0.4 is 5.73 Å². The van der Waals surface area contributed by atoms with Gasteiger partial charge in [0.05, 0.1) is 6.07 Å². The second-order valence-electron chi connectivity index (χ2n) is 2.98. The monoisotopic (exact) mass is 160 g/mol. The average molecular weight is 160 g/mol. The molecule has 0 aliphatic rings. The number of rotatable bonds is 2. The zero-order valence-electron chi connectivity index (χ0n) is 7.12. The molecule has 1 rings (SSSR count).